The molecule has 0 bridgehead atoms. The van der Waals surface area contributed by atoms with Crippen molar-refractivity contribution in [3.63, 3.8) is 0 Å². The van der Waals surface area contributed by atoms with Crippen LogP contribution in [0.3, 0.4) is 0 Å². The topological polar surface area (TPSA) is 0 Å². The SMILES string of the molecule is C1=CCC2C(C1)CC1CC=CC3C=CC2C31. The molecule has 6 atom stereocenters. The van der Waals surface area contributed by atoms with Gasteiger partial charge in [-0.15, -0.1) is 0 Å². The van der Waals surface area contributed by atoms with E-state index in [1.165, 1.54) is 25.7 Å². The highest BCUT2D eigenvalue weighted by Gasteiger charge is 2.47. The fourth-order valence-electron chi connectivity index (χ4n) is 4.86. The van der Waals surface area contributed by atoms with E-state index in [9.17, 15) is 0 Å². The molecule has 0 aromatic rings. The van der Waals surface area contributed by atoms with E-state index < -0.39 is 0 Å². The number of fused-ring (bicyclic) bond motifs is 2. The second-order valence-corrected chi connectivity index (χ2v) is 6.14. The van der Waals surface area contributed by atoms with Crippen LogP contribution in [-0.2, 0) is 0 Å². The Balaban J connectivity index is 1.72. The Bertz CT molecular complexity index is 373. The molecule has 16 heavy (non-hydrogen) atoms. The minimum Gasteiger partial charge on any atom is -0.0882 e. The lowest BCUT2D eigenvalue weighted by molar-refractivity contribution is 0.0536. The van der Waals surface area contributed by atoms with Crippen molar-refractivity contribution < 1.29 is 0 Å². The smallest absolute Gasteiger partial charge is 0.00166 e. The van der Waals surface area contributed by atoms with Crippen molar-refractivity contribution in [3.05, 3.63) is 36.5 Å². The summed E-state index contributed by atoms with van der Waals surface area (Å²) in [5.41, 5.74) is 0. The van der Waals surface area contributed by atoms with Crippen molar-refractivity contribution in [3.8, 4) is 0 Å². The first-order chi connectivity index (χ1) is 7.93. The van der Waals surface area contributed by atoms with Crippen LogP contribution in [0.25, 0.3) is 0 Å². The van der Waals surface area contributed by atoms with Crippen molar-refractivity contribution in [2.75, 3.05) is 0 Å². The number of hydrogen-bond donors (Lipinski definition) is 0. The summed E-state index contributed by atoms with van der Waals surface area (Å²) in [7, 11) is 0. The molecule has 1 saturated carbocycles. The average Bonchev–Trinajstić information content (AvgIpc) is 2.76. The summed E-state index contributed by atoms with van der Waals surface area (Å²) >= 11 is 0. The molecule has 6 unspecified atom stereocenters. The van der Waals surface area contributed by atoms with E-state index in [2.05, 4.69) is 36.5 Å². The van der Waals surface area contributed by atoms with Crippen molar-refractivity contribution in [1.82, 2.24) is 0 Å². The monoisotopic (exact) mass is 212 g/mol. The van der Waals surface area contributed by atoms with Crippen LogP contribution in [0.1, 0.15) is 25.7 Å². The predicted octanol–water partition coefficient (Wildman–Crippen LogP) is 3.97. The van der Waals surface area contributed by atoms with Gasteiger partial charge in [0.25, 0.3) is 0 Å². The third-order valence-corrected chi connectivity index (χ3v) is 5.51. The number of hydrogen-bond acceptors (Lipinski definition) is 0. The van der Waals surface area contributed by atoms with Crippen LogP contribution in [0.4, 0.5) is 0 Å². The lowest BCUT2D eigenvalue weighted by Crippen LogP contribution is -2.41. The zero-order valence-corrected chi connectivity index (χ0v) is 9.76. The summed E-state index contributed by atoms with van der Waals surface area (Å²) in [6.45, 7) is 0. The fourth-order valence-corrected chi connectivity index (χ4v) is 4.86. The maximum atomic E-state index is 2.56. The summed E-state index contributed by atoms with van der Waals surface area (Å²) in [4.78, 5) is 0. The molecular formula is C16H20. The third-order valence-electron chi connectivity index (χ3n) is 5.51. The molecule has 84 valence electrons. The molecule has 0 aromatic carbocycles. The van der Waals surface area contributed by atoms with Crippen molar-refractivity contribution in [2.45, 2.75) is 25.7 Å². The molecule has 0 saturated heterocycles. The van der Waals surface area contributed by atoms with Crippen LogP contribution in [0.5, 0.6) is 0 Å². The van der Waals surface area contributed by atoms with Crippen LogP contribution in [0.15, 0.2) is 36.5 Å². The third kappa shape index (κ3) is 1.16. The average molecular weight is 212 g/mol. The summed E-state index contributed by atoms with van der Waals surface area (Å²) < 4.78 is 0. The maximum absolute atomic E-state index is 2.56. The highest BCUT2D eigenvalue weighted by Crippen LogP contribution is 2.55. The predicted molar refractivity (Wildman–Crippen MR) is 66.8 cm³/mol. The first kappa shape index (κ1) is 9.27. The van der Waals surface area contributed by atoms with E-state index >= 15 is 0 Å². The highest BCUT2D eigenvalue weighted by molar-refractivity contribution is 5.22. The highest BCUT2D eigenvalue weighted by atomic mass is 14.5. The zero-order chi connectivity index (χ0) is 10.5. The standard InChI is InChI=1S/C16H20/c1-2-7-14-12(4-1)10-13-6-3-5-11-8-9-15(14)16(11)13/h1-3,5,8-9,11-16H,4,6-7,10H2. The molecule has 0 spiro atoms. The summed E-state index contributed by atoms with van der Waals surface area (Å²) in [5.74, 6) is 5.62. The molecular weight excluding hydrogens is 192 g/mol. The normalized spacial score (nSPS) is 52.5. The lowest BCUT2D eigenvalue weighted by Gasteiger charge is -2.48. The number of allylic oxidation sites excluding steroid dienone is 6. The van der Waals surface area contributed by atoms with Crippen molar-refractivity contribution in [2.24, 2.45) is 35.5 Å². The zero-order valence-electron chi connectivity index (χ0n) is 9.76. The molecule has 0 aliphatic heterocycles. The van der Waals surface area contributed by atoms with Gasteiger partial charge in [0.15, 0.2) is 0 Å². The molecule has 1 fully saturated rings. The molecule has 4 aliphatic rings. The lowest BCUT2D eigenvalue weighted by atomic mass is 9.57. The molecule has 0 nitrogen and oxygen atoms in total. The Morgan fingerprint density at radius 2 is 1.62 bits per heavy atom. The van der Waals surface area contributed by atoms with Crippen LogP contribution in [0, 0.1) is 35.5 Å². The van der Waals surface area contributed by atoms with Gasteiger partial charge < -0.3 is 0 Å². The van der Waals surface area contributed by atoms with Gasteiger partial charge >= 0.3 is 0 Å². The van der Waals surface area contributed by atoms with Crippen LogP contribution < -0.4 is 0 Å². The first-order valence-corrected chi connectivity index (χ1v) is 6.93. The fraction of sp³-hybridized carbons (Fsp3) is 0.625. The van der Waals surface area contributed by atoms with Gasteiger partial charge in [0.2, 0.25) is 0 Å². The van der Waals surface area contributed by atoms with Gasteiger partial charge in [-0.25, -0.2) is 0 Å². The second-order valence-electron chi connectivity index (χ2n) is 6.14. The van der Waals surface area contributed by atoms with E-state index in [4.69, 9.17) is 0 Å². The molecule has 0 radical (unpaired) electrons. The first-order valence-electron chi connectivity index (χ1n) is 6.93. The Labute approximate surface area is 98.1 Å². The summed E-state index contributed by atoms with van der Waals surface area (Å²) in [6, 6.07) is 0. The van der Waals surface area contributed by atoms with Gasteiger partial charge in [0.1, 0.15) is 0 Å². The number of rotatable bonds is 0. The minimum atomic E-state index is 0.788. The van der Waals surface area contributed by atoms with Crippen LogP contribution in [-0.4, -0.2) is 0 Å². The Morgan fingerprint density at radius 1 is 0.750 bits per heavy atom. The van der Waals surface area contributed by atoms with Crippen molar-refractivity contribution in [1.29, 1.82) is 0 Å². The van der Waals surface area contributed by atoms with Gasteiger partial charge in [0.05, 0.1) is 0 Å². The van der Waals surface area contributed by atoms with E-state index in [0.717, 1.165) is 35.5 Å². The Kier molecular flexibility index (Phi) is 1.94. The minimum absolute atomic E-state index is 0.788. The van der Waals surface area contributed by atoms with Crippen LogP contribution >= 0.6 is 0 Å². The van der Waals surface area contributed by atoms with Crippen molar-refractivity contribution >= 4 is 0 Å². The van der Waals surface area contributed by atoms with E-state index in [1.54, 1.807) is 0 Å². The molecule has 4 aliphatic carbocycles. The molecule has 4 rings (SSSR count). The van der Waals surface area contributed by atoms with Gasteiger partial charge in [-0.3, -0.25) is 0 Å². The molecule has 0 heterocycles. The largest absolute Gasteiger partial charge is 0.0882 e. The maximum Gasteiger partial charge on any atom is -0.00166 e. The molecule has 0 heteroatoms. The Morgan fingerprint density at radius 3 is 2.62 bits per heavy atom. The second kappa shape index (κ2) is 3.35. The van der Waals surface area contributed by atoms with Gasteiger partial charge in [-0.2, -0.15) is 0 Å². The quantitative estimate of drug-likeness (QED) is 0.533. The molecule has 0 aromatic heterocycles. The van der Waals surface area contributed by atoms with Gasteiger partial charge in [-0.1, -0.05) is 36.5 Å². The van der Waals surface area contributed by atoms with E-state index in [-0.39, 0.29) is 0 Å². The summed E-state index contributed by atoms with van der Waals surface area (Å²) in [6.07, 6.45) is 20.4. The molecule has 0 amide bonds. The van der Waals surface area contributed by atoms with Crippen LogP contribution in [0.2, 0.25) is 0 Å². The summed E-state index contributed by atoms with van der Waals surface area (Å²) in [5, 5.41) is 0. The Hall–Kier alpha value is -0.780. The van der Waals surface area contributed by atoms with Gasteiger partial charge in [-0.05, 0) is 61.2 Å². The van der Waals surface area contributed by atoms with Gasteiger partial charge in [0, 0.05) is 0 Å². The van der Waals surface area contributed by atoms with E-state index in [1.807, 2.05) is 0 Å². The molecule has 0 N–H and O–H groups in total. The van der Waals surface area contributed by atoms with E-state index in [0.29, 0.717) is 0 Å².